The van der Waals surface area contributed by atoms with Crippen LogP contribution in [0.25, 0.3) is 34.9 Å². The number of fused-ring (bicyclic) bond motifs is 3. The minimum absolute atomic E-state index is 0.224. The predicted molar refractivity (Wildman–Crippen MR) is 193 cm³/mol. The van der Waals surface area contributed by atoms with E-state index in [0.717, 1.165) is 44.9 Å². The van der Waals surface area contributed by atoms with Crippen LogP contribution in [0.3, 0.4) is 0 Å². The molecule has 6 rings (SSSR count). The fourth-order valence-corrected chi connectivity index (χ4v) is 6.94. The molecule has 0 aromatic heterocycles. The largest absolute Gasteiger partial charge is 0.310 e. The predicted octanol–water partition coefficient (Wildman–Crippen LogP) is 12.1. The lowest BCUT2D eigenvalue weighted by Gasteiger charge is -2.33. The standard InChI is InChI=1S/C43H41N/c1-9-30-22-25-37-38(26-30)43(7,8)39-27-41(33(10-2)34(11-3)42(37)39)44(32-18-14-13-15-19-32)40(12-4)29(6)28(5)35-20-16-17-21-36(35)31-23-24-31/h9-22,25-27,31H,1-5,23-24H2,6-8H3/b40-29+. The topological polar surface area (TPSA) is 3.24 Å². The van der Waals surface area contributed by atoms with E-state index < -0.39 is 0 Å². The second kappa shape index (κ2) is 11.3. The zero-order chi connectivity index (χ0) is 31.2. The molecule has 0 bridgehead atoms. The Morgan fingerprint density at radius 3 is 2.11 bits per heavy atom. The van der Waals surface area contributed by atoms with Crippen molar-refractivity contribution in [2.75, 3.05) is 4.90 Å². The highest BCUT2D eigenvalue weighted by Crippen LogP contribution is 2.54. The van der Waals surface area contributed by atoms with E-state index in [1.54, 1.807) is 0 Å². The summed E-state index contributed by atoms with van der Waals surface area (Å²) in [5, 5.41) is 0. The summed E-state index contributed by atoms with van der Waals surface area (Å²) in [6.45, 7) is 28.5. The summed E-state index contributed by atoms with van der Waals surface area (Å²) in [5.74, 6) is 0.623. The monoisotopic (exact) mass is 571 g/mol. The van der Waals surface area contributed by atoms with Gasteiger partial charge in [-0.05, 0) is 106 Å². The molecule has 2 aliphatic rings. The summed E-state index contributed by atoms with van der Waals surface area (Å²) in [6.07, 6.45) is 10.3. The van der Waals surface area contributed by atoms with Crippen molar-refractivity contribution >= 4 is 35.2 Å². The molecular formula is C43H41N. The van der Waals surface area contributed by atoms with Crippen molar-refractivity contribution in [3.63, 3.8) is 0 Å². The molecule has 0 saturated heterocycles. The van der Waals surface area contributed by atoms with Crippen LogP contribution in [0, 0.1) is 0 Å². The van der Waals surface area contributed by atoms with Crippen LogP contribution in [-0.2, 0) is 5.41 Å². The Hall–Kier alpha value is -4.88. The van der Waals surface area contributed by atoms with E-state index in [4.69, 9.17) is 0 Å². The second-order valence-corrected chi connectivity index (χ2v) is 12.4. The van der Waals surface area contributed by atoms with Crippen molar-refractivity contribution in [1.29, 1.82) is 0 Å². The Morgan fingerprint density at radius 1 is 0.795 bits per heavy atom. The first-order valence-corrected chi connectivity index (χ1v) is 15.5. The molecule has 1 nitrogen and oxygen atoms in total. The van der Waals surface area contributed by atoms with Gasteiger partial charge in [0.15, 0.2) is 0 Å². The van der Waals surface area contributed by atoms with E-state index in [1.165, 1.54) is 46.2 Å². The molecule has 4 aromatic rings. The average molecular weight is 572 g/mol. The highest BCUT2D eigenvalue weighted by molar-refractivity contribution is 5.96. The molecule has 1 heteroatoms. The normalized spacial score (nSPS) is 15.0. The minimum atomic E-state index is -0.224. The van der Waals surface area contributed by atoms with Crippen molar-refractivity contribution in [3.05, 3.63) is 168 Å². The highest BCUT2D eigenvalue weighted by atomic mass is 15.2. The molecule has 0 aliphatic heterocycles. The highest BCUT2D eigenvalue weighted by Gasteiger charge is 2.39. The van der Waals surface area contributed by atoms with Crippen molar-refractivity contribution in [2.45, 2.75) is 44.9 Å². The summed E-state index contributed by atoms with van der Waals surface area (Å²) < 4.78 is 0. The Kier molecular flexibility index (Phi) is 7.51. The molecule has 1 saturated carbocycles. The molecule has 0 atom stereocenters. The SMILES string of the molecule is C=C/C(=C(/C)C(=C)c1ccccc1C1CC1)N(c1ccccc1)c1cc2c(c(C=C)c1C=C)-c1ccc(C=C)cc1C2(C)C. The quantitative estimate of drug-likeness (QED) is 0.171. The van der Waals surface area contributed by atoms with Gasteiger partial charge in [-0.15, -0.1) is 0 Å². The lowest BCUT2D eigenvalue weighted by atomic mass is 9.80. The summed E-state index contributed by atoms with van der Waals surface area (Å²) in [6, 6.07) is 28.3. The first-order chi connectivity index (χ1) is 21.3. The first kappa shape index (κ1) is 29.2. The molecule has 0 spiro atoms. The van der Waals surface area contributed by atoms with Crippen molar-refractivity contribution < 1.29 is 0 Å². The van der Waals surface area contributed by atoms with E-state index in [0.29, 0.717) is 5.92 Å². The molecular weight excluding hydrogens is 530 g/mol. The second-order valence-electron chi connectivity index (χ2n) is 12.4. The van der Waals surface area contributed by atoms with Crippen molar-refractivity contribution in [3.8, 4) is 11.1 Å². The van der Waals surface area contributed by atoms with Crippen LogP contribution in [0.15, 0.2) is 129 Å². The molecule has 0 unspecified atom stereocenters. The van der Waals surface area contributed by atoms with Crippen molar-refractivity contribution in [2.24, 2.45) is 0 Å². The Bertz CT molecular complexity index is 1870. The summed E-state index contributed by atoms with van der Waals surface area (Å²) in [7, 11) is 0. The summed E-state index contributed by atoms with van der Waals surface area (Å²) in [5.41, 5.74) is 15.9. The maximum Gasteiger partial charge on any atom is 0.0543 e. The van der Waals surface area contributed by atoms with E-state index in [9.17, 15) is 0 Å². The smallest absolute Gasteiger partial charge is 0.0543 e. The molecule has 2 aliphatic carbocycles. The summed E-state index contributed by atoms with van der Waals surface area (Å²) in [4.78, 5) is 2.33. The van der Waals surface area contributed by atoms with Crippen LogP contribution >= 0.6 is 0 Å². The fourth-order valence-electron chi connectivity index (χ4n) is 6.94. The van der Waals surface area contributed by atoms with Crippen LogP contribution < -0.4 is 4.90 Å². The number of anilines is 2. The number of para-hydroxylation sites is 1. The van der Waals surface area contributed by atoms with Crippen LogP contribution in [0.2, 0.25) is 0 Å². The van der Waals surface area contributed by atoms with Gasteiger partial charge < -0.3 is 4.90 Å². The van der Waals surface area contributed by atoms with Gasteiger partial charge in [0.05, 0.1) is 5.69 Å². The number of hydrogen-bond donors (Lipinski definition) is 0. The van der Waals surface area contributed by atoms with Gasteiger partial charge in [0.2, 0.25) is 0 Å². The number of benzene rings is 4. The fraction of sp³-hybridized carbons (Fsp3) is 0.163. The molecule has 218 valence electrons. The molecule has 0 amide bonds. The van der Waals surface area contributed by atoms with Crippen LogP contribution in [0.4, 0.5) is 11.4 Å². The third-order valence-electron chi connectivity index (χ3n) is 9.52. The third-order valence-corrected chi connectivity index (χ3v) is 9.52. The zero-order valence-corrected chi connectivity index (χ0v) is 26.3. The van der Waals surface area contributed by atoms with Crippen LogP contribution in [-0.4, -0.2) is 0 Å². The maximum atomic E-state index is 4.66. The first-order valence-electron chi connectivity index (χ1n) is 15.5. The van der Waals surface area contributed by atoms with Gasteiger partial charge in [0.1, 0.15) is 0 Å². The summed E-state index contributed by atoms with van der Waals surface area (Å²) >= 11 is 0. The van der Waals surface area contributed by atoms with Gasteiger partial charge in [0.25, 0.3) is 0 Å². The van der Waals surface area contributed by atoms with Gasteiger partial charge in [0, 0.05) is 22.4 Å². The molecule has 0 heterocycles. The van der Waals surface area contributed by atoms with Gasteiger partial charge >= 0.3 is 0 Å². The Labute approximate surface area is 263 Å². The number of hydrogen-bond acceptors (Lipinski definition) is 1. The molecule has 0 radical (unpaired) electrons. The minimum Gasteiger partial charge on any atom is -0.310 e. The van der Waals surface area contributed by atoms with E-state index in [-0.39, 0.29) is 5.41 Å². The van der Waals surface area contributed by atoms with E-state index >= 15 is 0 Å². The average Bonchev–Trinajstić information content (AvgIpc) is 3.88. The van der Waals surface area contributed by atoms with Gasteiger partial charge in [-0.25, -0.2) is 0 Å². The zero-order valence-electron chi connectivity index (χ0n) is 26.3. The number of allylic oxidation sites excluding steroid dienone is 3. The van der Waals surface area contributed by atoms with Gasteiger partial charge in [-0.2, -0.15) is 0 Å². The number of nitrogens with zero attached hydrogens (tertiary/aromatic N) is 1. The van der Waals surface area contributed by atoms with Crippen LogP contribution in [0.5, 0.6) is 0 Å². The third kappa shape index (κ3) is 4.64. The molecule has 44 heavy (non-hydrogen) atoms. The Morgan fingerprint density at radius 2 is 1.48 bits per heavy atom. The van der Waals surface area contributed by atoms with E-state index in [1.807, 2.05) is 24.3 Å². The lowest BCUT2D eigenvalue weighted by Crippen LogP contribution is -2.21. The maximum absolute atomic E-state index is 4.66. The number of rotatable bonds is 10. The van der Waals surface area contributed by atoms with Crippen LogP contribution in [0.1, 0.15) is 78.5 Å². The lowest BCUT2D eigenvalue weighted by molar-refractivity contribution is 0.660. The molecule has 1 fully saturated rings. The van der Waals surface area contributed by atoms with Gasteiger partial charge in [-0.3, -0.25) is 0 Å². The Balaban J connectivity index is 1.63. The van der Waals surface area contributed by atoms with Crippen molar-refractivity contribution in [1.82, 2.24) is 0 Å². The van der Waals surface area contributed by atoms with Gasteiger partial charge in [-0.1, -0.05) is 126 Å². The van der Waals surface area contributed by atoms with E-state index in [2.05, 4.69) is 137 Å². The molecule has 4 aromatic carbocycles. The molecule has 0 N–H and O–H groups in total.